The van der Waals surface area contributed by atoms with Crippen LogP contribution < -0.4 is 0 Å². The van der Waals surface area contributed by atoms with Gasteiger partial charge in [-0.25, -0.2) is 12.4 Å². The van der Waals surface area contributed by atoms with Gasteiger partial charge in [-0.05, 0) is 6.07 Å². The lowest BCUT2D eigenvalue weighted by molar-refractivity contribution is 0.252. The molecule has 2 aromatic carbocycles. The van der Waals surface area contributed by atoms with Crippen LogP contribution >= 0.6 is 11.8 Å². The third kappa shape index (κ3) is 2.98. The van der Waals surface area contributed by atoms with Crippen LogP contribution in [0, 0.1) is 0 Å². The first-order chi connectivity index (χ1) is 10.9. The molecule has 0 aliphatic rings. The predicted octanol–water partition coefficient (Wildman–Crippen LogP) is 4.43. The zero-order valence-corrected chi connectivity index (χ0v) is 13.7. The topological polar surface area (TPSA) is 39.1 Å². The summed E-state index contributed by atoms with van der Waals surface area (Å²) in [6.07, 6.45) is 1.07. The summed E-state index contributed by atoms with van der Waals surface area (Å²) in [4.78, 5) is 0.271. The van der Waals surface area contributed by atoms with Crippen LogP contribution in [-0.4, -0.2) is 24.4 Å². The lowest BCUT2D eigenvalue weighted by Gasteiger charge is -2.10. The smallest absolute Gasteiger partial charge is 0.236 e. The van der Waals surface area contributed by atoms with E-state index in [1.807, 2.05) is 0 Å². The number of aromatic nitrogens is 1. The second-order valence-electron chi connectivity index (χ2n) is 4.97. The SMILES string of the molecule is CS(=O)(=O)n1c(-c2ccccc2)c(SC(F)F)c2ccccc21. The number of hydrogen-bond acceptors (Lipinski definition) is 3. The second kappa shape index (κ2) is 5.98. The van der Waals surface area contributed by atoms with Crippen molar-refractivity contribution in [2.75, 3.05) is 6.26 Å². The normalized spacial score (nSPS) is 12.2. The van der Waals surface area contributed by atoms with E-state index in [4.69, 9.17) is 0 Å². The van der Waals surface area contributed by atoms with Crippen molar-refractivity contribution in [3.63, 3.8) is 0 Å². The maximum atomic E-state index is 13.1. The molecule has 1 aromatic heterocycles. The molecule has 0 aliphatic heterocycles. The van der Waals surface area contributed by atoms with Crippen molar-refractivity contribution in [2.24, 2.45) is 0 Å². The Hall–Kier alpha value is -1.86. The minimum Gasteiger partial charge on any atom is -0.236 e. The van der Waals surface area contributed by atoms with Crippen molar-refractivity contribution in [2.45, 2.75) is 10.7 Å². The number of hydrogen-bond donors (Lipinski definition) is 0. The van der Waals surface area contributed by atoms with E-state index in [0.717, 1.165) is 10.2 Å². The number of thioether (sulfide) groups is 1. The van der Waals surface area contributed by atoms with E-state index < -0.39 is 15.8 Å². The molecular formula is C16H13F2NO2S2. The molecule has 0 radical (unpaired) electrons. The van der Waals surface area contributed by atoms with Crippen molar-refractivity contribution in [3.05, 3.63) is 54.6 Å². The number of nitrogens with zero attached hydrogens (tertiary/aromatic N) is 1. The second-order valence-corrected chi connectivity index (χ2v) is 7.80. The molecule has 0 saturated heterocycles. The van der Waals surface area contributed by atoms with E-state index in [1.165, 1.54) is 0 Å². The lowest BCUT2D eigenvalue weighted by Crippen LogP contribution is -2.11. The third-order valence-corrected chi connectivity index (χ3v) is 5.24. The molecule has 0 aliphatic carbocycles. The molecule has 7 heteroatoms. The average molecular weight is 353 g/mol. The summed E-state index contributed by atoms with van der Waals surface area (Å²) < 4.78 is 51.9. The molecular weight excluding hydrogens is 340 g/mol. The van der Waals surface area contributed by atoms with Crippen LogP contribution in [0.15, 0.2) is 59.5 Å². The Morgan fingerprint density at radius 2 is 1.61 bits per heavy atom. The van der Waals surface area contributed by atoms with Crippen LogP contribution in [0.1, 0.15) is 0 Å². The van der Waals surface area contributed by atoms with Gasteiger partial charge in [0.2, 0.25) is 10.0 Å². The van der Waals surface area contributed by atoms with Crippen molar-refractivity contribution in [3.8, 4) is 11.3 Å². The molecule has 0 N–H and O–H groups in total. The summed E-state index contributed by atoms with van der Waals surface area (Å²) in [6.45, 7) is 0. The Balaban J connectivity index is 2.48. The van der Waals surface area contributed by atoms with Crippen LogP contribution in [0.4, 0.5) is 8.78 Å². The maximum Gasteiger partial charge on any atom is 0.289 e. The van der Waals surface area contributed by atoms with Crippen molar-refractivity contribution in [1.29, 1.82) is 0 Å². The number of rotatable bonds is 4. The first kappa shape index (κ1) is 16.0. The standard InChI is InChI=1S/C16H13F2NO2S2/c1-23(20,21)19-13-10-6-5-9-12(13)15(22-16(17)18)14(19)11-7-3-2-4-8-11/h2-10,16H,1H3. The first-order valence-corrected chi connectivity index (χ1v) is 9.46. The van der Waals surface area contributed by atoms with E-state index in [9.17, 15) is 17.2 Å². The average Bonchev–Trinajstić information content (AvgIpc) is 2.82. The summed E-state index contributed by atoms with van der Waals surface area (Å²) in [6, 6.07) is 15.4. The van der Waals surface area contributed by atoms with Crippen LogP contribution in [0.2, 0.25) is 0 Å². The molecule has 3 nitrogen and oxygen atoms in total. The van der Waals surface area contributed by atoms with Gasteiger partial charge in [-0.1, -0.05) is 60.3 Å². The molecule has 0 spiro atoms. The summed E-state index contributed by atoms with van der Waals surface area (Å²) in [5, 5.41) is 0.502. The molecule has 0 unspecified atom stereocenters. The number of para-hydroxylation sites is 1. The molecule has 120 valence electrons. The zero-order chi connectivity index (χ0) is 16.6. The molecule has 3 aromatic rings. The van der Waals surface area contributed by atoms with Crippen molar-refractivity contribution in [1.82, 2.24) is 3.97 Å². The highest BCUT2D eigenvalue weighted by atomic mass is 32.2. The predicted molar refractivity (Wildman–Crippen MR) is 89.5 cm³/mol. The van der Waals surface area contributed by atoms with Crippen molar-refractivity contribution >= 4 is 32.7 Å². The Morgan fingerprint density at radius 3 is 2.22 bits per heavy atom. The van der Waals surface area contributed by atoms with Gasteiger partial charge in [-0.15, -0.1) is 0 Å². The van der Waals surface area contributed by atoms with Crippen LogP contribution in [-0.2, 0) is 10.0 Å². The van der Waals surface area contributed by atoms with E-state index in [-0.39, 0.29) is 10.6 Å². The number of alkyl halides is 2. The third-order valence-electron chi connectivity index (χ3n) is 3.37. The Morgan fingerprint density at radius 1 is 1.00 bits per heavy atom. The number of benzene rings is 2. The van der Waals surface area contributed by atoms with Gasteiger partial charge in [0.25, 0.3) is 5.76 Å². The summed E-state index contributed by atoms with van der Waals surface area (Å²) >= 11 is 0.368. The highest BCUT2D eigenvalue weighted by molar-refractivity contribution is 8.00. The fourth-order valence-corrected chi connectivity index (χ4v) is 4.48. The molecule has 0 atom stereocenters. The van der Waals surface area contributed by atoms with E-state index in [1.54, 1.807) is 54.6 Å². The fraction of sp³-hybridized carbons (Fsp3) is 0.125. The lowest BCUT2D eigenvalue weighted by atomic mass is 10.1. The fourth-order valence-electron chi connectivity index (χ4n) is 2.58. The molecule has 3 rings (SSSR count). The number of halogens is 2. The monoisotopic (exact) mass is 353 g/mol. The molecule has 0 amide bonds. The van der Waals surface area contributed by atoms with E-state index in [0.29, 0.717) is 28.2 Å². The summed E-state index contributed by atoms with van der Waals surface area (Å²) in [7, 11) is -3.66. The molecule has 0 saturated carbocycles. The van der Waals surface area contributed by atoms with Gasteiger partial charge in [-0.3, -0.25) is 0 Å². The Kier molecular flexibility index (Phi) is 4.16. The highest BCUT2D eigenvalue weighted by Crippen LogP contribution is 2.43. The van der Waals surface area contributed by atoms with Gasteiger partial charge in [0.15, 0.2) is 0 Å². The van der Waals surface area contributed by atoms with Crippen LogP contribution in [0.25, 0.3) is 22.2 Å². The van der Waals surface area contributed by atoms with Gasteiger partial charge in [0, 0.05) is 15.8 Å². The summed E-state index contributed by atoms with van der Waals surface area (Å²) in [5.74, 6) is -2.64. The van der Waals surface area contributed by atoms with Crippen molar-refractivity contribution < 1.29 is 17.2 Å². The minimum atomic E-state index is -3.66. The van der Waals surface area contributed by atoms with Gasteiger partial charge in [-0.2, -0.15) is 8.78 Å². The highest BCUT2D eigenvalue weighted by Gasteiger charge is 2.25. The Bertz CT molecular complexity index is 951. The van der Waals surface area contributed by atoms with Gasteiger partial charge >= 0.3 is 0 Å². The molecule has 0 bridgehead atoms. The van der Waals surface area contributed by atoms with E-state index in [2.05, 4.69) is 0 Å². The van der Waals surface area contributed by atoms with Gasteiger partial charge < -0.3 is 0 Å². The molecule has 0 fully saturated rings. The molecule has 1 heterocycles. The quantitative estimate of drug-likeness (QED) is 0.651. The van der Waals surface area contributed by atoms with Crippen LogP contribution in [0.5, 0.6) is 0 Å². The summed E-state index contributed by atoms with van der Waals surface area (Å²) in [5.41, 5.74) is 1.26. The first-order valence-electron chi connectivity index (χ1n) is 6.74. The van der Waals surface area contributed by atoms with E-state index >= 15 is 0 Å². The van der Waals surface area contributed by atoms with Gasteiger partial charge in [0.1, 0.15) is 0 Å². The largest absolute Gasteiger partial charge is 0.289 e. The number of fused-ring (bicyclic) bond motifs is 1. The molecule has 23 heavy (non-hydrogen) atoms. The minimum absolute atomic E-state index is 0.271. The van der Waals surface area contributed by atoms with Crippen LogP contribution in [0.3, 0.4) is 0 Å². The Labute approximate surface area is 137 Å². The maximum absolute atomic E-state index is 13.1. The van der Waals surface area contributed by atoms with Gasteiger partial charge in [0.05, 0.1) is 17.5 Å². The zero-order valence-electron chi connectivity index (χ0n) is 12.1.